The predicted molar refractivity (Wildman–Crippen MR) is 93.8 cm³/mol. The first-order valence-electron chi connectivity index (χ1n) is 7.35. The fourth-order valence-corrected chi connectivity index (χ4v) is 3.85. The smallest absolute Gasteiger partial charge is 0.107 e. The average molecular weight is 309 g/mol. The van der Waals surface area contributed by atoms with Gasteiger partial charge in [0.1, 0.15) is 4.99 Å². The topological polar surface area (TPSA) is 38.0 Å². The van der Waals surface area contributed by atoms with Gasteiger partial charge in [-0.25, -0.2) is 0 Å². The molecule has 20 heavy (non-hydrogen) atoms. The number of nitrogens with two attached hydrogens (primary N) is 1. The Labute approximate surface area is 131 Å². The van der Waals surface area contributed by atoms with Gasteiger partial charge in [-0.05, 0) is 43.6 Å². The third-order valence-electron chi connectivity index (χ3n) is 4.11. The molecule has 4 heteroatoms. The van der Waals surface area contributed by atoms with Gasteiger partial charge in [0.25, 0.3) is 0 Å². The molecule has 1 aromatic carbocycles. The molecule has 0 saturated heterocycles. The van der Waals surface area contributed by atoms with E-state index in [0.717, 1.165) is 22.1 Å². The second-order valence-electron chi connectivity index (χ2n) is 5.70. The SMILES string of the molecule is CSc1cccc(NC2CCCC(C)CC2)c1C(N)=S. The lowest BCUT2D eigenvalue weighted by atomic mass is 10.0. The largest absolute Gasteiger partial charge is 0.389 e. The Morgan fingerprint density at radius 1 is 1.30 bits per heavy atom. The first-order chi connectivity index (χ1) is 9.61. The van der Waals surface area contributed by atoms with Crippen LogP contribution in [0.4, 0.5) is 5.69 Å². The Kier molecular flexibility index (Phi) is 5.73. The Hall–Kier alpha value is -0.740. The lowest BCUT2D eigenvalue weighted by Gasteiger charge is -2.21. The summed E-state index contributed by atoms with van der Waals surface area (Å²) in [4.78, 5) is 1.64. The van der Waals surface area contributed by atoms with Crippen LogP contribution < -0.4 is 11.1 Å². The minimum atomic E-state index is 0.486. The molecule has 1 saturated carbocycles. The summed E-state index contributed by atoms with van der Waals surface area (Å²) in [5.74, 6) is 0.856. The van der Waals surface area contributed by atoms with Crippen LogP contribution in [0.2, 0.25) is 0 Å². The third kappa shape index (κ3) is 3.89. The number of benzene rings is 1. The second kappa shape index (κ2) is 7.32. The number of thioether (sulfide) groups is 1. The van der Waals surface area contributed by atoms with Crippen LogP contribution in [0.1, 0.15) is 44.6 Å². The normalized spacial score (nSPS) is 23.1. The zero-order valence-electron chi connectivity index (χ0n) is 12.3. The van der Waals surface area contributed by atoms with Crippen molar-refractivity contribution in [2.24, 2.45) is 11.7 Å². The predicted octanol–water partition coefficient (Wildman–Crippen LogP) is 4.42. The van der Waals surface area contributed by atoms with E-state index in [2.05, 4.69) is 36.7 Å². The van der Waals surface area contributed by atoms with E-state index in [-0.39, 0.29) is 0 Å². The van der Waals surface area contributed by atoms with Crippen molar-refractivity contribution in [2.45, 2.75) is 50.0 Å². The number of thiocarbonyl (C=S) groups is 1. The van der Waals surface area contributed by atoms with E-state index in [4.69, 9.17) is 18.0 Å². The van der Waals surface area contributed by atoms with E-state index in [1.807, 2.05) is 0 Å². The first kappa shape index (κ1) is 15.6. The van der Waals surface area contributed by atoms with Crippen molar-refractivity contribution in [3.63, 3.8) is 0 Å². The van der Waals surface area contributed by atoms with E-state index in [1.165, 1.54) is 32.1 Å². The molecule has 0 aromatic heterocycles. The molecule has 3 N–H and O–H groups in total. The van der Waals surface area contributed by atoms with Gasteiger partial charge in [-0.3, -0.25) is 0 Å². The molecule has 0 heterocycles. The van der Waals surface area contributed by atoms with Gasteiger partial charge in [-0.15, -0.1) is 11.8 Å². The van der Waals surface area contributed by atoms with Crippen molar-refractivity contribution in [1.29, 1.82) is 0 Å². The molecule has 0 amide bonds. The van der Waals surface area contributed by atoms with Crippen LogP contribution in [-0.4, -0.2) is 17.3 Å². The highest BCUT2D eigenvalue weighted by molar-refractivity contribution is 7.98. The monoisotopic (exact) mass is 308 g/mol. The molecule has 1 aromatic rings. The Morgan fingerprint density at radius 3 is 2.80 bits per heavy atom. The molecule has 1 aliphatic rings. The molecule has 0 aliphatic heterocycles. The molecule has 0 spiro atoms. The van der Waals surface area contributed by atoms with E-state index >= 15 is 0 Å². The summed E-state index contributed by atoms with van der Waals surface area (Å²) in [6, 6.07) is 6.81. The maximum Gasteiger partial charge on any atom is 0.107 e. The number of anilines is 1. The van der Waals surface area contributed by atoms with Gasteiger partial charge in [-0.1, -0.05) is 38.0 Å². The van der Waals surface area contributed by atoms with Gasteiger partial charge >= 0.3 is 0 Å². The van der Waals surface area contributed by atoms with Crippen molar-refractivity contribution in [2.75, 3.05) is 11.6 Å². The Balaban J connectivity index is 2.18. The highest BCUT2D eigenvalue weighted by Crippen LogP contribution is 2.30. The number of hydrogen-bond donors (Lipinski definition) is 2. The molecule has 2 rings (SSSR count). The van der Waals surface area contributed by atoms with E-state index in [9.17, 15) is 0 Å². The molecular weight excluding hydrogens is 284 g/mol. The van der Waals surface area contributed by atoms with E-state index in [0.29, 0.717) is 11.0 Å². The molecule has 1 aliphatic carbocycles. The summed E-state index contributed by atoms with van der Waals surface area (Å²) < 4.78 is 0. The van der Waals surface area contributed by atoms with Crippen molar-refractivity contribution in [3.8, 4) is 0 Å². The maximum atomic E-state index is 5.93. The molecule has 0 bridgehead atoms. The van der Waals surface area contributed by atoms with Crippen molar-refractivity contribution >= 4 is 34.7 Å². The van der Waals surface area contributed by atoms with Gasteiger partial charge in [0.05, 0.1) is 0 Å². The molecule has 2 atom stereocenters. The van der Waals surface area contributed by atoms with Crippen LogP contribution in [-0.2, 0) is 0 Å². The lowest BCUT2D eigenvalue weighted by molar-refractivity contribution is 0.502. The zero-order valence-corrected chi connectivity index (χ0v) is 13.9. The van der Waals surface area contributed by atoms with Gasteiger partial charge in [0.2, 0.25) is 0 Å². The molecule has 110 valence electrons. The van der Waals surface area contributed by atoms with Crippen LogP contribution in [0.5, 0.6) is 0 Å². The van der Waals surface area contributed by atoms with Crippen molar-refractivity contribution in [3.05, 3.63) is 23.8 Å². The highest BCUT2D eigenvalue weighted by Gasteiger charge is 2.18. The summed E-state index contributed by atoms with van der Waals surface area (Å²) in [6.07, 6.45) is 8.51. The van der Waals surface area contributed by atoms with Crippen LogP contribution in [0.25, 0.3) is 0 Å². The number of hydrogen-bond acceptors (Lipinski definition) is 3. The number of rotatable bonds is 4. The van der Waals surface area contributed by atoms with Crippen LogP contribution in [0, 0.1) is 5.92 Å². The van der Waals surface area contributed by atoms with E-state index < -0.39 is 0 Å². The van der Waals surface area contributed by atoms with Gasteiger partial charge in [-0.2, -0.15) is 0 Å². The molecule has 2 nitrogen and oxygen atoms in total. The summed E-state index contributed by atoms with van der Waals surface area (Å²) in [5.41, 5.74) is 8.03. The second-order valence-corrected chi connectivity index (χ2v) is 6.99. The quantitative estimate of drug-likeness (QED) is 0.490. The summed E-state index contributed by atoms with van der Waals surface area (Å²) in [5, 5.41) is 3.69. The zero-order chi connectivity index (χ0) is 14.5. The highest BCUT2D eigenvalue weighted by atomic mass is 32.2. The summed E-state index contributed by atoms with van der Waals surface area (Å²) in [6.45, 7) is 2.36. The minimum absolute atomic E-state index is 0.486. The molecule has 2 unspecified atom stereocenters. The summed E-state index contributed by atoms with van der Waals surface area (Å²) in [7, 11) is 0. The van der Waals surface area contributed by atoms with Crippen molar-refractivity contribution in [1.82, 2.24) is 0 Å². The lowest BCUT2D eigenvalue weighted by Crippen LogP contribution is -2.22. The molecule has 0 radical (unpaired) electrons. The maximum absolute atomic E-state index is 5.93. The first-order valence-corrected chi connectivity index (χ1v) is 8.98. The van der Waals surface area contributed by atoms with Gasteiger partial charge < -0.3 is 11.1 Å². The van der Waals surface area contributed by atoms with Crippen LogP contribution in [0.15, 0.2) is 23.1 Å². The molecule has 1 fully saturated rings. The molecular formula is C16H24N2S2. The standard InChI is InChI=1S/C16H24N2S2/c1-11-5-3-6-12(10-9-11)18-13-7-4-8-14(20-2)15(13)16(17)19/h4,7-8,11-12,18H,3,5-6,9-10H2,1-2H3,(H2,17,19). The Morgan fingerprint density at radius 2 is 2.10 bits per heavy atom. The van der Waals surface area contributed by atoms with Crippen LogP contribution >= 0.6 is 24.0 Å². The van der Waals surface area contributed by atoms with Gasteiger partial charge in [0.15, 0.2) is 0 Å². The third-order valence-corrected chi connectivity index (χ3v) is 5.09. The Bertz CT molecular complexity index is 474. The number of nitrogens with one attached hydrogen (secondary N) is 1. The van der Waals surface area contributed by atoms with Gasteiger partial charge in [0, 0.05) is 22.2 Å². The fraction of sp³-hybridized carbons (Fsp3) is 0.562. The van der Waals surface area contributed by atoms with Crippen LogP contribution in [0.3, 0.4) is 0 Å². The van der Waals surface area contributed by atoms with E-state index in [1.54, 1.807) is 11.8 Å². The minimum Gasteiger partial charge on any atom is -0.389 e. The summed E-state index contributed by atoms with van der Waals surface area (Å²) >= 11 is 6.94. The fourth-order valence-electron chi connectivity index (χ4n) is 2.93. The van der Waals surface area contributed by atoms with Crippen molar-refractivity contribution < 1.29 is 0 Å². The average Bonchev–Trinajstić information content (AvgIpc) is 2.63.